The second-order valence-electron chi connectivity index (χ2n) is 6.11. The Labute approximate surface area is 132 Å². The van der Waals surface area contributed by atoms with Crippen molar-refractivity contribution in [1.82, 2.24) is 10.2 Å². The van der Waals surface area contributed by atoms with E-state index >= 15 is 0 Å². The first-order chi connectivity index (χ1) is 10.6. The quantitative estimate of drug-likeness (QED) is 0.615. The highest BCUT2D eigenvalue weighted by Crippen LogP contribution is 2.23. The molecular weight excluding hydrogens is 280 g/mol. The van der Waals surface area contributed by atoms with Crippen LogP contribution < -0.4 is 11.1 Å². The van der Waals surface area contributed by atoms with Gasteiger partial charge in [-0.3, -0.25) is 9.89 Å². The summed E-state index contributed by atoms with van der Waals surface area (Å²) in [7, 11) is 0. The van der Waals surface area contributed by atoms with Crippen molar-refractivity contribution in [3.63, 3.8) is 0 Å². The van der Waals surface area contributed by atoms with Crippen molar-refractivity contribution in [3.8, 4) is 0 Å². The molecule has 124 valence electrons. The van der Waals surface area contributed by atoms with Gasteiger partial charge in [0.1, 0.15) is 11.5 Å². The fourth-order valence-corrected chi connectivity index (χ4v) is 2.47. The Bertz CT molecular complexity index is 478. The van der Waals surface area contributed by atoms with Gasteiger partial charge in [0.15, 0.2) is 5.96 Å². The number of furan rings is 1. The molecule has 1 aromatic heterocycles. The number of hydrogen-bond acceptors (Lipinski definition) is 4. The summed E-state index contributed by atoms with van der Waals surface area (Å²) in [6, 6.07) is 4.18. The molecule has 1 fully saturated rings. The highest BCUT2D eigenvalue weighted by Gasteiger charge is 2.25. The number of nitrogens with one attached hydrogen (secondary N) is 1. The van der Waals surface area contributed by atoms with Gasteiger partial charge < -0.3 is 20.2 Å². The Hall–Kier alpha value is -1.53. The summed E-state index contributed by atoms with van der Waals surface area (Å²) < 4.78 is 11.3. The van der Waals surface area contributed by atoms with Gasteiger partial charge in [0, 0.05) is 26.2 Å². The van der Waals surface area contributed by atoms with E-state index in [-0.39, 0.29) is 6.04 Å². The second-order valence-corrected chi connectivity index (χ2v) is 6.11. The molecule has 0 amide bonds. The van der Waals surface area contributed by atoms with E-state index < -0.39 is 0 Å². The van der Waals surface area contributed by atoms with Crippen molar-refractivity contribution >= 4 is 5.96 Å². The first-order valence-corrected chi connectivity index (χ1v) is 7.98. The minimum Gasteiger partial charge on any atom is -0.465 e. The summed E-state index contributed by atoms with van der Waals surface area (Å²) in [5.74, 6) is 2.89. The largest absolute Gasteiger partial charge is 0.465 e. The molecule has 1 aromatic rings. The molecule has 0 aliphatic carbocycles. The summed E-state index contributed by atoms with van der Waals surface area (Å²) in [5.41, 5.74) is 5.95. The Morgan fingerprint density at radius 2 is 2.09 bits per heavy atom. The maximum absolute atomic E-state index is 5.95. The summed E-state index contributed by atoms with van der Waals surface area (Å²) in [6.07, 6.45) is 0. The minimum atomic E-state index is 0.144. The normalized spacial score (nSPS) is 18.6. The van der Waals surface area contributed by atoms with E-state index in [4.69, 9.17) is 14.9 Å². The minimum absolute atomic E-state index is 0.144. The molecule has 0 spiro atoms. The molecule has 1 saturated heterocycles. The molecular formula is C16H28N4O2. The number of nitrogens with two attached hydrogens (primary N) is 1. The number of aliphatic imine (C=N–C) groups is 1. The van der Waals surface area contributed by atoms with E-state index in [2.05, 4.69) is 29.1 Å². The molecule has 3 N–H and O–H groups in total. The molecule has 6 heteroatoms. The molecule has 2 heterocycles. The van der Waals surface area contributed by atoms with Crippen LogP contribution in [0.25, 0.3) is 0 Å². The maximum Gasteiger partial charge on any atom is 0.188 e. The standard InChI is InChI=1S/C16H28N4O2/c1-12(2)10-18-16(17)19-11-14(15-5-4-13(3)22-15)20-6-8-21-9-7-20/h4-5,12,14H,6-11H2,1-3H3,(H3,17,18,19). The van der Waals surface area contributed by atoms with Gasteiger partial charge >= 0.3 is 0 Å². The Morgan fingerprint density at radius 1 is 1.36 bits per heavy atom. The predicted molar refractivity (Wildman–Crippen MR) is 87.9 cm³/mol. The molecule has 1 atom stereocenters. The molecule has 1 unspecified atom stereocenters. The average molecular weight is 308 g/mol. The third-order valence-electron chi connectivity index (χ3n) is 3.68. The monoisotopic (exact) mass is 308 g/mol. The molecule has 1 aliphatic heterocycles. The zero-order valence-corrected chi connectivity index (χ0v) is 13.8. The topological polar surface area (TPSA) is 76.0 Å². The smallest absolute Gasteiger partial charge is 0.188 e. The number of aryl methyl sites for hydroxylation is 1. The molecule has 22 heavy (non-hydrogen) atoms. The van der Waals surface area contributed by atoms with Gasteiger partial charge in [-0.05, 0) is 25.0 Å². The second kappa shape index (κ2) is 8.19. The van der Waals surface area contributed by atoms with Gasteiger partial charge in [-0.2, -0.15) is 0 Å². The molecule has 0 aromatic carbocycles. The average Bonchev–Trinajstić information content (AvgIpc) is 2.93. The van der Waals surface area contributed by atoms with Gasteiger partial charge in [-0.1, -0.05) is 13.8 Å². The van der Waals surface area contributed by atoms with Crippen LogP contribution in [0.15, 0.2) is 21.5 Å². The van der Waals surface area contributed by atoms with Crippen LogP contribution in [0.1, 0.15) is 31.4 Å². The van der Waals surface area contributed by atoms with Crippen LogP contribution >= 0.6 is 0 Å². The van der Waals surface area contributed by atoms with Gasteiger partial charge in [-0.25, -0.2) is 0 Å². The Kier molecular flexibility index (Phi) is 6.27. The fourth-order valence-electron chi connectivity index (χ4n) is 2.47. The highest BCUT2D eigenvalue weighted by molar-refractivity contribution is 5.77. The zero-order chi connectivity index (χ0) is 15.9. The highest BCUT2D eigenvalue weighted by atomic mass is 16.5. The van der Waals surface area contributed by atoms with Crippen LogP contribution in [0.5, 0.6) is 0 Å². The molecule has 6 nitrogen and oxygen atoms in total. The van der Waals surface area contributed by atoms with E-state index in [9.17, 15) is 0 Å². The van der Waals surface area contributed by atoms with Crippen molar-refractivity contribution < 1.29 is 9.15 Å². The van der Waals surface area contributed by atoms with Gasteiger partial charge in [0.05, 0.1) is 19.3 Å². The summed E-state index contributed by atoms with van der Waals surface area (Å²) in [5, 5.41) is 3.23. The van der Waals surface area contributed by atoms with E-state index in [1.54, 1.807) is 0 Å². The van der Waals surface area contributed by atoms with Crippen LogP contribution in [-0.4, -0.2) is 50.3 Å². The van der Waals surface area contributed by atoms with Crippen molar-refractivity contribution in [3.05, 3.63) is 23.7 Å². The third-order valence-corrected chi connectivity index (χ3v) is 3.68. The first-order valence-electron chi connectivity index (χ1n) is 7.98. The van der Waals surface area contributed by atoms with Crippen molar-refractivity contribution in [2.45, 2.75) is 26.8 Å². The lowest BCUT2D eigenvalue weighted by Crippen LogP contribution is -2.45. The predicted octanol–water partition coefficient (Wildman–Crippen LogP) is 1.52. The van der Waals surface area contributed by atoms with Crippen LogP contribution in [-0.2, 0) is 4.74 Å². The number of rotatable bonds is 6. The summed E-state index contributed by atoms with van der Waals surface area (Å²) in [4.78, 5) is 6.71. The number of hydrogen-bond donors (Lipinski definition) is 2. The number of morpholine rings is 1. The fraction of sp³-hybridized carbons (Fsp3) is 0.688. The first kappa shape index (κ1) is 16.8. The molecule has 1 aliphatic rings. The van der Waals surface area contributed by atoms with E-state index in [1.165, 1.54) is 0 Å². The van der Waals surface area contributed by atoms with Gasteiger partial charge in [0.2, 0.25) is 0 Å². The lowest BCUT2D eigenvalue weighted by Gasteiger charge is -2.33. The van der Waals surface area contributed by atoms with Crippen LogP contribution in [0.3, 0.4) is 0 Å². The van der Waals surface area contributed by atoms with Crippen molar-refractivity contribution in [2.75, 3.05) is 39.4 Å². The Balaban J connectivity index is 2.00. The number of guanidine groups is 1. The Morgan fingerprint density at radius 3 is 2.68 bits per heavy atom. The van der Waals surface area contributed by atoms with Crippen molar-refractivity contribution in [2.24, 2.45) is 16.6 Å². The van der Waals surface area contributed by atoms with Crippen LogP contribution in [0.2, 0.25) is 0 Å². The number of ether oxygens (including phenoxy) is 1. The lowest BCUT2D eigenvalue weighted by atomic mass is 10.1. The molecule has 0 saturated carbocycles. The number of nitrogens with zero attached hydrogens (tertiary/aromatic N) is 2. The van der Waals surface area contributed by atoms with Gasteiger partial charge in [0.25, 0.3) is 0 Å². The molecule has 2 rings (SSSR count). The lowest BCUT2D eigenvalue weighted by molar-refractivity contribution is 0.0125. The zero-order valence-electron chi connectivity index (χ0n) is 13.8. The van der Waals surface area contributed by atoms with Crippen LogP contribution in [0, 0.1) is 12.8 Å². The van der Waals surface area contributed by atoms with Crippen LogP contribution in [0.4, 0.5) is 0 Å². The maximum atomic E-state index is 5.95. The SMILES string of the molecule is Cc1ccc(C(CNC(N)=NCC(C)C)N2CCOCC2)o1. The van der Waals surface area contributed by atoms with E-state index in [0.29, 0.717) is 18.4 Å². The third kappa shape index (κ3) is 5.03. The van der Waals surface area contributed by atoms with Gasteiger partial charge in [-0.15, -0.1) is 0 Å². The summed E-state index contributed by atoms with van der Waals surface area (Å²) in [6.45, 7) is 10.9. The summed E-state index contributed by atoms with van der Waals surface area (Å²) >= 11 is 0. The molecule has 0 bridgehead atoms. The van der Waals surface area contributed by atoms with E-state index in [1.807, 2.05) is 19.1 Å². The van der Waals surface area contributed by atoms with Crippen molar-refractivity contribution in [1.29, 1.82) is 0 Å². The van der Waals surface area contributed by atoms with E-state index in [0.717, 1.165) is 44.4 Å². The molecule has 0 radical (unpaired) electrons.